The van der Waals surface area contributed by atoms with Crippen LogP contribution in [-0.4, -0.2) is 36.6 Å². The number of thioether (sulfide) groups is 1. The molecular formula is C16H24N6OS2. The quantitative estimate of drug-likeness (QED) is 0.771. The topological polar surface area (TPSA) is 85.6 Å². The molecule has 7 nitrogen and oxygen atoms in total. The molecule has 1 saturated carbocycles. The summed E-state index contributed by atoms with van der Waals surface area (Å²) in [5.41, 5.74) is 0. The minimum atomic E-state index is -0.0922. The summed E-state index contributed by atoms with van der Waals surface area (Å²) in [6.07, 6.45) is 6.21. The van der Waals surface area contributed by atoms with Gasteiger partial charge in [-0.3, -0.25) is 10.1 Å². The van der Waals surface area contributed by atoms with Crippen LogP contribution >= 0.6 is 23.1 Å². The molecule has 0 saturated heterocycles. The van der Waals surface area contributed by atoms with Gasteiger partial charge < -0.3 is 4.57 Å². The van der Waals surface area contributed by atoms with Crippen molar-refractivity contribution in [3.63, 3.8) is 0 Å². The zero-order valence-corrected chi connectivity index (χ0v) is 16.5. The number of carbonyl (C=O) groups is 1. The van der Waals surface area contributed by atoms with Crippen molar-refractivity contribution in [3.8, 4) is 0 Å². The minimum absolute atomic E-state index is 0.0922. The Kier molecular flexibility index (Phi) is 6.06. The normalized spacial score (nSPS) is 15.7. The van der Waals surface area contributed by atoms with Gasteiger partial charge >= 0.3 is 0 Å². The number of rotatable bonds is 6. The monoisotopic (exact) mass is 380 g/mol. The number of carbonyl (C=O) groups excluding carboxylic acids is 1. The molecule has 0 bridgehead atoms. The van der Waals surface area contributed by atoms with E-state index in [0.29, 0.717) is 17.0 Å². The van der Waals surface area contributed by atoms with Crippen LogP contribution in [0.5, 0.6) is 0 Å². The second-order valence-electron chi connectivity index (χ2n) is 6.67. The second-order valence-corrected chi connectivity index (χ2v) is 8.62. The van der Waals surface area contributed by atoms with Gasteiger partial charge in [0.2, 0.25) is 11.0 Å². The first-order valence-electron chi connectivity index (χ1n) is 8.70. The fraction of sp³-hybridized carbons (Fsp3) is 0.688. The number of aromatic nitrogens is 5. The van der Waals surface area contributed by atoms with Crippen LogP contribution in [0.15, 0.2) is 5.16 Å². The molecule has 1 amide bonds. The predicted molar refractivity (Wildman–Crippen MR) is 100 cm³/mol. The van der Waals surface area contributed by atoms with Gasteiger partial charge in [-0.15, -0.1) is 20.4 Å². The lowest BCUT2D eigenvalue weighted by atomic mass is 9.90. The fourth-order valence-corrected chi connectivity index (χ4v) is 4.69. The van der Waals surface area contributed by atoms with Crippen molar-refractivity contribution in [1.29, 1.82) is 0 Å². The van der Waals surface area contributed by atoms with E-state index >= 15 is 0 Å². The molecule has 0 radical (unpaired) electrons. The van der Waals surface area contributed by atoms with Gasteiger partial charge in [0.05, 0.1) is 5.75 Å². The Labute approximate surface area is 156 Å². The molecule has 136 valence electrons. The number of hydrogen-bond donors (Lipinski definition) is 1. The molecule has 2 heterocycles. The molecule has 2 aromatic heterocycles. The molecule has 0 unspecified atom stereocenters. The van der Waals surface area contributed by atoms with E-state index < -0.39 is 0 Å². The minimum Gasteiger partial charge on any atom is -0.309 e. The number of nitrogens with one attached hydrogen (secondary N) is 1. The Morgan fingerprint density at radius 1 is 1.24 bits per heavy atom. The predicted octanol–water partition coefficient (Wildman–Crippen LogP) is 3.57. The molecule has 0 atom stereocenters. The van der Waals surface area contributed by atoms with Gasteiger partial charge in [-0.05, 0) is 12.8 Å². The maximum Gasteiger partial charge on any atom is 0.236 e. The molecule has 2 aromatic rings. The maximum atomic E-state index is 12.2. The average Bonchev–Trinajstić information content (AvgIpc) is 3.20. The summed E-state index contributed by atoms with van der Waals surface area (Å²) in [6, 6.07) is 0. The summed E-state index contributed by atoms with van der Waals surface area (Å²) < 4.78 is 1.94. The number of hydrogen-bond acceptors (Lipinski definition) is 7. The van der Waals surface area contributed by atoms with E-state index in [-0.39, 0.29) is 11.7 Å². The molecule has 0 spiro atoms. The third-order valence-corrected chi connectivity index (χ3v) is 6.38. The first-order valence-corrected chi connectivity index (χ1v) is 10.5. The third-order valence-electron chi connectivity index (χ3n) is 4.36. The van der Waals surface area contributed by atoms with E-state index in [1.165, 1.54) is 55.2 Å². The number of nitrogens with zero attached hydrogens (tertiary/aromatic N) is 5. The van der Waals surface area contributed by atoms with Gasteiger partial charge in [-0.1, -0.05) is 56.2 Å². The van der Waals surface area contributed by atoms with Gasteiger partial charge in [0.25, 0.3) is 0 Å². The lowest BCUT2D eigenvalue weighted by Gasteiger charge is -2.18. The largest absolute Gasteiger partial charge is 0.309 e. The summed E-state index contributed by atoms with van der Waals surface area (Å²) in [7, 11) is 1.93. The van der Waals surface area contributed by atoms with Gasteiger partial charge in [-0.2, -0.15) is 0 Å². The zero-order valence-electron chi connectivity index (χ0n) is 14.9. The Balaban J connectivity index is 1.52. The van der Waals surface area contributed by atoms with E-state index in [0.717, 1.165) is 16.0 Å². The first kappa shape index (κ1) is 18.3. The van der Waals surface area contributed by atoms with Crippen LogP contribution in [0.25, 0.3) is 0 Å². The molecule has 1 aliphatic rings. The highest BCUT2D eigenvalue weighted by molar-refractivity contribution is 7.99. The second kappa shape index (κ2) is 8.27. The zero-order chi connectivity index (χ0) is 17.8. The highest BCUT2D eigenvalue weighted by Gasteiger charge is 2.20. The Hall–Kier alpha value is -1.48. The van der Waals surface area contributed by atoms with Gasteiger partial charge in [0.15, 0.2) is 5.16 Å². The van der Waals surface area contributed by atoms with Crippen LogP contribution in [0.2, 0.25) is 0 Å². The van der Waals surface area contributed by atoms with E-state index in [1.807, 2.05) is 11.6 Å². The van der Waals surface area contributed by atoms with Crippen LogP contribution in [0, 0.1) is 0 Å². The van der Waals surface area contributed by atoms with E-state index in [2.05, 4.69) is 39.6 Å². The van der Waals surface area contributed by atoms with Crippen molar-refractivity contribution >= 4 is 34.1 Å². The smallest absolute Gasteiger partial charge is 0.236 e. The molecule has 0 aromatic carbocycles. The van der Waals surface area contributed by atoms with Crippen molar-refractivity contribution in [3.05, 3.63) is 10.8 Å². The van der Waals surface area contributed by atoms with Crippen LogP contribution in [-0.2, 0) is 11.8 Å². The SMILES string of the molecule is CC(C)c1nnc(SCC(=O)Nc2nnc(C3CCCCC3)s2)n1C. The van der Waals surface area contributed by atoms with Crippen molar-refractivity contribution in [2.75, 3.05) is 11.1 Å². The third kappa shape index (κ3) is 4.58. The summed E-state index contributed by atoms with van der Waals surface area (Å²) in [6.45, 7) is 4.15. The van der Waals surface area contributed by atoms with Crippen LogP contribution in [0.1, 0.15) is 68.6 Å². The number of amides is 1. The summed E-state index contributed by atoms with van der Waals surface area (Å²) in [4.78, 5) is 12.2. The lowest BCUT2D eigenvalue weighted by Crippen LogP contribution is -2.14. The molecule has 25 heavy (non-hydrogen) atoms. The van der Waals surface area contributed by atoms with Crippen LogP contribution < -0.4 is 5.32 Å². The molecule has 9 heteroatoms. The van der Waals surface area contributed by atoms with Crippen molar-refractivity contribution < 1.29 is 4.79 Å². The van der Waals surface area contributed by atoms with Crippen molar-refractivity contribution in [2.45, 2.75) is 62.9 Å². The van der Waals surface area contributed by atoms with Gasteiger partial charge in [-0.25, -0.2) is 0 Å². The average molecular weight is 381 g/mol. The van der Waals surface area contributed by atoms with E-state index in [1.54, 1.807) is 0 Å². The molecular weight excluding hydrogens is 356 g/mol. The summed E-state index contributed by atoms with van der Waals surface area (Å²) in [5, 5.41) is 22.0. The molecule has 1 aliphatic carbocycles. The number of anilines is 1. The Morgan fingerprint density at radius 3 is 2.68 bits per heavy atom. The van der Waals surface area contributed by atoms with Crippen molar-refractivity contribution in [1.82, 2.24) is 25.0 Å². The first-order chi connectivity index (χ1) is 12.0. The van der Waals surface area contributed by atoms with Gasteiger partial charge in [0, 0.05) is 18.9 Å². The molecule has 3 rings (SSSR count). The maximum absolute atomic E-state index is 12.2. The van der Waals surface area contributed by atoms with Crippen LogP contribution in [0.4, 0.5) is 5.13 Å². The van der Waals surface area contributed by atoms with Crippen molar-refractivity contribution in [2.24, 2.45) is 7.05 Å². The molecule has 0 aliphatic heterocycles. The summed E-state index contributed by atoms with van der Waals surface area (Å²) in [5.74, 6) is 1.93. The molecule has 1 fully saturated rings. The fourth-order valence-electron chi connectivity index (χ4n) is 3.04. The van der Waals surface area contributed by atoms with Crippen LogP contribution in [0.3, 0.4) is 0 Å². The Bertz CT molecular complexity index is 720. The van der Waals surface area contributed by atoms with E-state index in [4.69, 9.17) is 0 Å². The highest BCUT2D eigenvalue weighted by Crippen LogP contribution is 2.35. The van der Waals surface area contributed by atoms with Gasteiger partial charge in [0.1, 0.15) is 10.8 Å². The highest BCUT2D eigenvalue weighted by atomic mass is 32.2. The molecule has 1 N–H and O–H groups in total. The van der Waals surface area contributed by atoms with E-state index in [9.17, 15) is 4.79 Å². The summed E-state index contributed by atoms with van der Waals surface area (Å²) >= 11 is 2.89. The standard InChI is InChI=1S/C16H24N6OS2/c1-10(2)13-18-21-16(22(13)3)24-9-12(23)17-15-20-19-14(25-15)11-7-5-4-6-8-11/h10-11H,4-9H2,1-3H3,(H,17,20,23). The lowest BCUT2D eigenvalue weighted by molar-refractivity contribution is -0.113. The Morgan fingerprint density at radius 2 is 2.00 bits per heavy atom.